The number of rotatable bonds is 1. The first-order valence-electron chi connectivity index (χ1n) is 5.88. The lowest BCUT2D eigenvalue weighted by molar-refractivity contribution is 0.469. The Morgan fingerprint density at radius 2 is 2.18 bits per heavy atom. The zero-order chi connectivity index (χ0) is 11.8. The monoisotopic (exact) mass is 229 g/mol. The molecule has 2 N–H and O–H groups in total. The summed E-state index contributed by atoms with van der Waals surface area (Å²) < 4.78 is 1.85. The molecule has 0 spiro atoms. The van der Waals surface area contributed by atoms with Crippen molar-refractivity contribution in [1.29, 1.82) is 0 Å². The molecule has 3 rings (SSSR count). The van der Waals surface area contributed by atoms with Gasteiger partial charge in [0.1, 0.15) is 11.4 Å². The Kier molecular flexibility index (Phi) is 2.28. The number of fused-ring (bicyclic) bond motifs is 1. The Morgan fingerprint density at radius 3 is 3.00 bits per heavy atom. The van der Waals surface area contributed by atoms with Gasteiger partial charge in [0.25, 0.3) is 0 Å². The first-order valence-corrected chi connectivity index (χ1v) is 5.88. The van der Waals surface area contributed by atoms with E-state index >= 15 is 0 Å². The van der Waals surface area contributed by atoms with Crippen molar-refractivity contribution >= 4 is 5.69 Å². The summed E-state index contributed by atoms with van der Waals surface area (Å²) in [6.07, 6.45) is 2.10. The van der Waals surface area contributed by atoms with Crippen LogP contribution in [-0.2, 0) is 6.42 Å². The summed E-state index contributed by atoms with van der Waals surface area (Å²) in [6, 6.07) is 7.31. The molecule has 1 aromatic heterocycles. The number of phenols is 1. The molecular weight excluding hydrogens is 214 g/mol. The van der Waals surface area contributed by atoms with Gasteiger partial charge < -0.3 is 10.4 Å². The van der Waals surface area contributed by atoms with Gasteiger partial charge in [-0.25, -0.2) is 4.68 Å². The number of benzene rings is 1. The summed E-state index contributed by atoms with van der Waals surface area (Å²) in [5.74, 6) is 0.267. The molecule has 17 heavy (non-hydrogen) atoms. The number of hydrogen-bond acceptors (Lipinski definition) is 3. The molecule has 0 amide bonds. The highest BCUT2D eigenvalue weighted by atomic mass is 16.3. The van der Waals surface area contributed by atoms with E-state index in [4.69, 9.17) is 0 Å². The Morgan fingerprint density at radius 1 is 1.35 bits per heavy atom. The van der Waals surface area contributed by atoms with Crippen LogP contribution in [0.5, 0.6) is 5.75 Å². The fourth-order valence-electron chi connectivity index (χ4n) is 2.35. The number of nitrogens with zero attached hydrogens (tertiary/aromatic N) is 2. The Hall–Kier alpha value is -1.97. The summed E-state index contributed by atoms with van der Waals surface area (Å²) in [5.41, 5.74) is 4.03. The molecule has 0 atom stereocenters. The molecular formula is C13H15N3O. The van der Waals surface area contributed by atoms with Crippen LogP contribution in [0.15, 0.2) is 24.3 Å². The van der Waals surface area contributed by atoms with Gasteiger partial charge in [-0.1, -0.05) is 12.1 Å². The van der Waals surface area contributed by atoms with Crippen LogP contribution < -0.4 is 5.32 Å². The highest BCUT2D eigenvalue weighted by Crippen LogP contribution is 2.30. The van der Waals surface area contributed by atoms with Crippen LogP contribution >= 0.6 is 0 Å². The summed E-state index contributed by atoms with van der Waals surface area (Å²) in [7, 11) is 0. The van der Waals surface area contributed by atoms with Crippen molar-refractivity contribution in [1.82, 2.24) is 9.78 Å². The van der Waals surface area contributed by atoms with Gasteiger partial charge >= 0.3 is 0 Å². The van der Waals surface area contributed by atoms with E-state index in [0.29, 0.717) is 0 Å². The Balaban J connectivity index is 2.19. The second-order valence-corrected chi connectivity index (χ2v) is 4.34. The molecule has 2 heterocycles. The fourth-order valence-corrected chi connectivity index (χ4v) is 2.35. The molecule has 0 radical (unpaired) electrons. The number of aromatic nitrogens is 2. The standard InChI is InChI=1S/C13H15N3O/c1-9-13-11(6-4-8-14-13)16(15-9)10-5-2-3-7-12(10)17/h2-3,5,7,14,17H,4,6,8H2,1H3. The molecule has 4 heteroatoms. The quantitative estimate of drug-likeness (QED) is 0.788. The third-order valence-electron chi connectivity index (χ3n) is 3.16. The maximum atomic E-state index is 9.89. The van der Waals surface area contributed by atoms with Gasteiger partial charge in [0.2, 0.25) is 0 Å². The molecule has 1 aliphatic rings. The van der Waals surface area contributed by atoms with Gasteiger partial charge in [-0.15, -0.1) is 0 Å². The number of aryl methyl sites for hydroxylation is 1. The van der Waals surface area contributed by atoms with E-state index in [9.17, 15) is 5.11 Å². The average Bonchev–Trinajstić information content (AvgIpc) is 2.68. The smallest absolute Gasteiger partial charge is 0.141 e. The van der Waals surface area contributed by atoms with Gasteiger partial charge in [-0.2, -0.15) is 5.10 Å². The van der Waals surface area contributed by atoms with Crippen molar-refractivity contribution in [2.24, 2.45) is 0 Å². The largest absolute Gasteiger partial charge is 0.506 e. The number of hydrogen-bond donors (Lipinski definition) is 2. The van der Waals surface area contributed by atoms with Crippen LogP contribution in [0.1, 0.15) is 17.8 Å². The summed E-state index contributed by atoms with van der Waals surface area (Å²) in [6.45, 7) is 2.99. The molecule has 1 aromatic carbocycles. The highest BCUT2D eigenvalue weighted by molar-refractivity contribution is 5.58. The third kappa shape index (κ3) is 1.56. The second kappa shape index (κ2) is 3.80. The maximum Gasteiger partial charge on any atom is 0.141 e. The topological polar surface area (TPSA) is 50.1 Å². The van der Waals surface area contributed by atoms with Crippen molar-refractivity contribution in [2.45, 2.75) is 19.8 Å². The number of phenolic OH excluding ortho intramolecular Hbond substituents is 1. The lowest BCUT2D eigenvalue weighted by Gasteiger charge is -2.16. The van der Waals surface area contributed by atoms with E-state index < -0.39 is 0 Å². The van der Waals surface area contributed by atoms with E-state index in [1.165, 1.54) is 0 Å². The van der Waals surface area contributed by atoms with Crippen molar-refractivity contribution in [3.05, 3.63) is 35.7 Å². The molecule has 0 saturated carbocycles. The third-order valence-corrected chi connectivity index (χ3v) is 3.16. The molecule has 0 unspecified atom stereocenters. The average molecular weight is 229 g/mol. The minimum Gasteiger partial charge on any atom is -0.506 e. The van der Waals surface area contributed by atoms with Crippen LogP contribution in [0.3, 0.4) is 0 Å². The molecule has 88 valence electrons. The van der Waals surface area contributed by atoms with Crippen LogP contribution in [0.25, 0.3) is 5.69 Å². The van der Waals surface area contributed by atoms with Crippen molar-refractivity contribution in [2.75, 3.05) is 11.9 Å². The SMILES string of the molecule is Cc1nn(-c2ccccc2O)c2c1NCCC2. The molecule has 2 aromatic rings. The second-order valence-electron chi connectivity index (χ2n) is 4.34. The number of para-hydroxylation sites is 2. The Bertz CT molecular complexity index is 560. The summed E-state index contributed by atoms with van der Waals surface area (Å²) in [4.78, 5) is 0. The van der Waals surface area contributed by atoms with Crippen LogP contribution in [-0.4, -0.2) is 21.4 Å². The highest BCUT2D eigenvalue weighted by Gasteiger charge is 2.20. The molecule has 0 fully saturated rings. The maximum absolute atomic E-state index is 9.89. The minimum absolute atomic E-state index is 0.267. The molecule has 0 bridgehead atoms. The predicted molar refractivity (Wildman–Crippen MR) is 66.8 cm³/mol. The van der Waals surface area contributed by atoms with E-state index in [0.717, 1.165) is 42.1 Å². The fraction of sp³-hybridized carbons (Fsp3) is 0.308. The van der Waals surface area contributed by atoms with Crippen molar-refractivity contribution < 1.29 is 5.11 Å². The molecule has 1 aliphatic heterocycles. The summed E-state index contributed by atoms with van der Waals surface area (Å²) in [5, 5.41) is 17.8. The number of anilines is 1. The van der Waals surface area contributed by atoms with Gasteiger partial charge in [0.15, 0.2) is 0 Å². The van der Waals surface area contributed by atoms with Crippen molar-refractivity contribution in [3.8, 4) is 11.4 Å². The predicted octanol–water partition coefficient (Wildman–Crippen LogP) is 2.24. The minimum atomic E-state index is 0.267. The zero-order valence-corrected chi connectivity index (χ0v) is 9.77. The van der Waals surface area contributed by atoms with Crippen LogP contribution in [0, 0.1) is 6.92 Å². The normalized spacial score (nSPS) is 14.2. The van der Waals surface area contributed by atoms with E-state index in [2.05, 4.69) is 10.4 Å². The lowest BCUT2D eigenvalue weighted by Crippen LogP contribution is -2.13. The number of aromatic hydroxyl groups is 1. The lowest BCUT2D eigenvalue weighted by atomic mass is 10.1. The van der Waals surface area contributed by atoms with E-state index in [-0.39, 0.29) is 5.75 Å². The molecule has 0 aliphatic carbocycles. The zero-order valence-electron chi connectivity index (χ0n) is 9.77. The van der Waals surface area contributed by atoms with Crippen LogP contribution in [0.4, 0.5) is 5.69 Å². The molecule has 0 saturated heterocycles. The summed E-state index contributed by atoms with van der Waals surface area (Å²) >= 11 is 0. The van der Waals surface area contributed by atoms with E-state index in [1.54, 1.807) is 6.07 Å². The molecule has 4 nitrogen and oxygen atoms in total. The van der Waals surface area contributed by atoms with Gasteiger partial charge in [0.05, 0.1) is 17.1 Å². The number of nitrogens with one attached hydrogen (secondary N) is 1. The van der Waals surface area contributed by atoms with E-state index in [1.807, 2.05) is 29.8 Å². The van der Waals surface area contributed by atoms with Gasteiger partial charge in [-0.3, -0.25) is 0 Å². The van der Waals surface area contributed by atoms with Gasteiger partial charge in [0, 0.05) is 6.54 Å². The first kappa shape index (κ1) is 10.2. The van der Waals surface area contributed by atoms with Crippen LogP contribution in [0.2, 0.25) is 0 Å². The van der Waals surface area contributed by atoms with Gasteiger partial charge in [-0.05, 0) is 31.9 Å². The first-order chi connectivity index (χ1) is 8.27. The van der Waals surface area contributed by atoms with Crippen molar-refractivity contribution in [3.63, 3.8) is 0 Å². The Labute approximate surface area is 99.9 Å².